The van der Waals surface area contributed by atoms with Gasteiger partial charge in [0.05, 0.1) is 16.4 Å². The van der Waals surface area contributed by atoms with E-state index < -0.39 is 0 Å². The van der Waals surface area contributed by atoms with Gasteiger partial charge in [-0.15, -0.1) is 0 Å². The second-order valence-electron chi connectivity index (χ2n) is 9.00. The Kier molecular flexibility index (Phi) is 8.30. The Bertz CT molecular complexity index is 1100. The number of aliphatic imine (C=N–C) groups is 2. The van der Waals surface area contributed by atoms with E-state index in [9.17, 15) is 4.79 Å². The number of nitrogens with one attached hydrogen (secondary N) is 2. The topological polar surface area (TPSA) is 119 Å². The minimum Gasteiger partial charge on any atom is -0.381 e. The minimum atomic E-state index is -0.242. The third-order valence-electron chi connectivity index (χ3n) is 6.61. The van der Waals surface area contributed by atoms with Gasteiger partial charge in [-0.3, -0.25) is 9.36 Å². The van der Waals surface area contributed by atoms with E-state index in [4.69, 9.17) is 43.6 Å². The third-order valence-corrected chi connectivity index (χ3v) is 7.16. The molecule has 1 amide bonds. The molecule has 0 spiro atoms. The molecule has 11 heteroatoms. The quantitative estimate of drug-likeness (QED) is 0.369. The highest BCUT2D eigenvalue weighted by Gasteiger charge is 2.30. The van der Waals surface area contributed by atoms with Gasteiger partial charge in [0, 0.05) is 36.2 Å². The molecule has 2 heterocycles. The van der Waals surface area contributed by atoms with Crippen LogP contribution in [0.1, 0.15) is 50.3 Å². The Morgan fingerprint density at radius 3 is 2.54 bits per heavy atom. The number of primary amides is 1. The van der Waals surface area contributed by atoms with Gasteiger partial charge in [-0.05, 0) is 70.4 Å². The fraction of sp³-hybridized carbons (Fsp3) is 0.500. The second kappa shape index (κ2) is 11.4. The van der Waals surface area contributed by atoms with Gasteiger partial charge >= 0.3 is 0 Å². The van der Waals surface area contributed by atoms with Gasteiger partial charge in [0.25, 0.3) is 0 Å². The van der Waals surface area contributed by atoms with Crippen LogP contribution in [0.2, 0.25) is 10.0 Å². The van der Waals surface area contributed by atoms with Gasteiger partial charge in [-0.25, -0.2) is 9.98 Å². The highest BCUT2D eigenvalue weighted by molar-refractivity contribution is 6.36. The van der Waals surface area contributed by atoms with E-state index in [1.807, 2.05) is 13.0 Å². The molecule has 1 aliphatic carbocycles. The van der Waals surface area contributed by atoms with E-state index in [1.165, 1.54) is 0 Å². The predicted octanol–water partition coefficient (Wildman–Crippen LogP) is 4.92. The van der Waals surface area contributed by atoms with E-state index in [1.54, 1.807) is 12.1 Å². The molecule has 4 N–H and O–H groups in total. The maximum absolute atomic E-state index is 11.7. The molecule has 0 unspecified atom stereocenters. The van der Waals surface area contributed by atoms with Crippen LogP contribution in [0, 0.1) is 12.8 Å². The smallest absolute Gasteiger partial charge is 0.224 e. The summed E-state index contributed by atoms with van der Waals surface area (Å²) in [7, 11) is 0. The molecule has 2 aromatic rings. The number of aryl methyl sites for hydroxylation is 1. The number of benzene rings is 1. The van der Waals surface area contributed by atoms with Gasteiger partial charge in [0.2, 0.25) is 17.8 Å². The van der Waals surface area contributed by atoms with Crippen molar-refractivity contribution < 1.29 is 9.53 Å². The summed E-state index contributed by atoms with van der Waals surface area (Å²) in [6, 6.07) is 5.56. The van der Waals surface area contributed by atoms with Crippen LogP contribution in [0.5, 0.6) is 0 Å². The largest absolute Gasteiger partial charge is 0.381 e. The zero-order chi connectivity index (χ0) is 24.9. The molecule has 9 nitrogen and oxygen atoms in total. The normalized spacial score (nSPS) is 21.5. The molecule has 1 saturated carbocycles. The predicted molar refractivity (Wildman–Crippen MR) is 141 cm³/mol. The van der Waals surface area contributed by atoms with Crippen molar-refractivity contribution in [3.05, 3.63) is 33.9 Å². The molecule has 0 radical (unpaired) electrons. The molecule has 1 aliphatic heterocycles. The van der Waals surface area contributed by atoms with Crippen molar-refractivity contribution >= 4 is 59.2 Å². The van der Waals surface area contributed by atoms with Crippen LogP contribution in [0.3, 0.4) is 0 Å². The summed E-state index contributed by atoms with van der Waals surface area (Å²) in [6.07, 6.45) is 4.75. The van der Waals surface area contributed by atoms with Crippen LogP contribution in [0.15, 0.2) is 28.2 Å². The Morgan fingerprint density at radius 1 is 1.20 bits per heavy atom. The van der Waals surface area contributed by atoms with Crippen LogP contribution in [0.25, 0.3) is 0 Å². The first kappa shape index (κ1) is 25.5. The Labute approximate surface area is 215 Å². The molecule has 1 aromatic carbocycles. The van der Waals surface area contributed by atoms with Gasteiger partial charge in [0.1, 0.15) is 0 Å². The molecule has 188 valence electrons. The number of amides is 1. The molecule has 0 bridgehead atoms. The molecule has 0 atom stereocenters. The van der Waals surface area contributed by atoms with E-state index in [-0.39, 0.29) is 23.9 Å². The summed E-state index contributed by atoms with van der Waals surface area (Å²) < 4.78 is 7.53. The van der Waals surface area contributed by atoms with Crippen molar-refractivity contribution in [2.45, 2.75) is 57.5 Å². The molecule has 35 heavy (non-hydrogen) atoms. The van der Waals surface area contributed by atoms with Crippen LogP contribution in [-0.4, -0.2) is 47.4 Å². The fourth-order valence-corrected chi connectivity index (χ4v) is 5.13. The van der Waals surface area contributed by atoms with Crippen molar-refractivity contribution in [1.82, 2.24) is 14.9 Å². The van der Waals surface area contributed by atoms with Crippen LogP contribution in [0.4, 0.5) is 17.5 Å². The number of guanidine groups is 1. The van der Waals surface area contributed by atoms with Crippen molar-refractivity contribution in [1.29, 1.82) is 0 Å². The zero-order valence-electron chi connectivity index (χ0n) is 19.8. The van der Waals surface area contributed by atoms with E-state index in [2.05, 4.69) is 26.9 Å². The van der Waals surface area contributed by atoms with Crippen molar-refractivity contribution in [3.63, 3.8) is 0 Å². The summed E-state index contributed by atoms with van der Waals surface area (Å²) >= 11 is 12.5. The summed E-state index contributed by atoms with van der Waals surface area (Å²) in [4.78, 5) is 25.5. The number of carbonyl (C=O) groups is 1. The van der Waals surface area contributed by atoms with Crippen LogP contribution in [-0.2, 0) is 9.53 Å². The lowest BCUT2D eigenvalue weighted by Crippen LogP contribution is -2.38. The van der Waals surface area contributed by atoms with Gasteiger partial charge in [-0.1, -0.05) is 23.2 Å². The summed E-state index contributed by atoms with van der Waals surface area (Å²) in [5, 5.41) is 7.78. The van der Waals surface area contributed by atoms with Gasteiger partial charge in [-0.2, -0.15) is 4.99 Å². The average molecular weight is 520 g/mol. The number of rotatable bonds is 6. The van der Waals surface area contributed by atoms with Crippen LogP contribution >= 0.6 is 23.2 Å². The maximum atomic E-state index is 11.7. The Morgan fingerprint density at radius 2 is 1.91 bits per heavy atom. The minimum absolute atomic E-state index is 0.0771. The van der Waals surface area contributed by atoms with E-state index >= 15 is 0 Å². The molecular formula is C24H31Cl2N7O2. The maximum Gasteiger partial charge on any atom is 0.224 e. The van der Waals surface area contributed by atoms with E-state index in [0.717, 1.165) is 31.4 Å². The van der Waals surface area contributed by atoms with Crippen molar-refractivity contribution in [2.24, 2.45) is 21.6 Å². The number of nitrogens with two attached hydrogens (primary N) is 1. The lowest BCUT2D eigenvalue weighted by molar-refractivity contribution is -0.122. The molecule has 2 fully saturated rings. The van der Waals surface area contributed by atoms with Crippen molar-refractivity contribution in [3.8, 4) is 0 Å². The average Bonchev–Trinajstić information content (AvgIpc) is 3.15. The number of anilines is 2. The number of carbonyl (C=O) groups excluding carboxylic acids is 1. The first-order valence-electron chi connectivity index (χ1n) is 11.9. The molecule has 2 aliphatic rings. The Hall–Kier alpha value is -2.62. The monoisotopic (exact) mass is 519 g/mol. The SMILES string of the molecule is C=N/C(=N\c1c(C)nc(Nc2ccc(Cl)cc2Cl)n1[C@H]1CC[C@@H](C(N)=O)CC1)NC1CCOCC1. The highest BCUT2D eigenvalue weighted by Crippen LogP contribution is 2.40. The second-order valence-corrected chi connectivity index (χ2v) is 9.84. The zero-order valence-corrected chi connectivity index (χ0v) is 21.3. The van der Waals surface area contributed by atoms with Gasteiger partial charge in [0.15, 0.2) is 5.82 Å². The first-order valence-corrected chi connectivity index (χ1v) is 12.6. The fourth-order valence-electron chi connectivity index (χ4n) is 4.67. The number of ether oxygens (including phenoxy) is 1. The lowest BCUT2D eigenvalue weighted by Gasteiger charge is -2.29. The third kappa shape index (κ3) is 6.15. The molecule has 4 rings (SSSR count). The summed E-state index contributed by atoms with van der Waals surface area (Å²) in [5.41, 5.74) is 6.99. The van der Waals surface area contributed by atoms with Gasteiger partial charge < -0.3 is 21.1 Å². The summed E-state index contributed by atoms with van der Waals surface area (Å²) in [5.74, 6) is 1.40. The number of hydrogen-bond acceptors (Lipinski definition) is 5. The lowest BCUT2D eigenvalue weighted by atomic mass is 9.85. The Balaban J connectivity index is 1.69. The van der Waals surface area contributed by atoms with E-state index in [0.29, 0.717) is 59.5 Å². The number of imidazole rings is 1. The molecule has 1 saturated heterocycles. The summed E-state index contributed by atoms with van der Waals surface area (Å²) in [6.45, 7) is 7.04. The van der Waals surface area contributed by atoms with Crippen molar-refractivity contribution in [2.75, 3.05) is 18.5 Å². The molecule has 1 aromatic heterocycles. The highest BCUT2D eigenvalue weighted by atomic mass is 35.5. The number of halogens is 2. The standard InChI is InChI=1S/C24H31Cl2N7O2/c1-14-22(32-23(28-2)30-17-9-11-35-12-10-17)33(18-6-3-15(4-7-18)21(27)34)24(29-14)31-20-8-5-16(25)13-19(20)26/h5,8,13,15,17-18H,2-4,6-7,9-12H2,1H3,(H2,27,34)(H,29,31)(H,30,32)/t15-,18+. The number of aromatic nitrogens is 2. The number of nitrogens with zero attached hydrogens (tertiary/aromatic N) is 4. The number of hydrogen-bond donors (Lipinski definition) is 3. The van der Waals surface area contributed by atoms with Crippen LogP contribution < -0.4 is 16.4 Å². The molecular weight excluding hydrogens is 489 g/mol. The first-order chi connectivity index (χ1) is 16.9.